The van der Waals surface area contributed by atoms with Gasteiger partial charge < -0.3 is 11.5 Å². The number of carbonyl (C=O) groups is 1. The number of nitrogen functional groups attached to an aromatic ring is 1. The SMILES string of the molecule is Cc1ncc(C[n+]2cccc(C(N)=O)c2)c(N)n1. The van der Waals surface area contributed by atoms with E-state index in [4.69, 9.17) is 11.5 Å². The number of pyridine rings is 1. The van der Waals surface area contributed by atoms with Crippen LogP contribution in [0.4, 0.5) is 5.82 Å². The summed E-state index contributed by atoms with van der Waals surface area (Å²) in [5, 5.41) is 0. The number of anilines is 1. The lowest BCUT2D eigenvalue weighted by atomic mass is 10.2. The fraction of sp³-hybridized carbons (Fsp3) is 0.167. The molecule has 0 aliphatic rings. The van der Waals surface area contributed by atoms with Crippen molar-refractivity contribution in [2.24, 2.45) is 5.73 Å². The molecule has 2 heterocycles. The van der Waals surface area contributed by atoms with Gasteiger partial charge in [-0.1, -0.05) is 0 Å². The van der Waals surface area contributed by atoms with E-state index in [0.717, 1.165) is 5.56 Å². The maximum Gasteiger partial charge on any atom is 0.254 e. The number of hydrogen-bond donors (Lipinski definition) is 2. The van der Waals surface area contributed by atoms with Crippen molar-refractivity contribution in [2.45, 2.75) is 13.5 Å². The molecular formula is C12H14N5O+. The third-order valence-corrected chi connectivity index (χ3v) is 2.51. The smallest absolute Gasteiger partial charge is 0.254 e. The standard InChI is InChI=1S/C12H13N5O/c1-8-15-5-10(11(13)16-8)7-17-4-2-3-9(6-17)12(14)18/h2-6H,7H2,1H3,(H3-,13,14,15,16,18)/p+1. The lowest BCUT2D eigenvalue weighted by Gasteiger charge is -2.02. The highest BCUT2D eigenvalue weighted by atomic mass is 16.1. The molecule has 0 radical (unpaired) electrons. The first kappa shape index (κ1) is 12.0. The van der Waals surface area contributed by atoms with E-state index in [0.29, 0.717) is 23.8 Å². The van der Waals surface area contributed by atoms with Crippen LogP contribution < -0.4 is 16.0 Å². The summed E-state index contributed by atoms with van der Waals surface area (Å²) in [5.74, 6) is 0.615. The summed E-state index contributed by atoms with van der Waals surface area (Å²) in [5.41, 5.74) is 12.3. The second-order valence-corrected chi connectivity index (χ2v) is 3.96. The first-order valence-corrected chi connectivity index (χ1v) is 5.43. The molecule has 0 spiro atoms. The molecule has 0 unspecified atom stereocenters. The highest BCUT2D eigenvalue weighted by molar-refractivity contribution is 5.92. The van der Waals surface area contributed by atoms with Gasteiger partial charge in [0.05, 0.1) is 5.56 Å². The predicted octanol–water partition coefficient (Wildman–Crippen LogP) is -0.198. The minimum atomic E-state index is -0.461. The van der Waals surface area contributed by atoms with Gasteiger partial charge in [0.1, 0.15) is 17.2 Å². The molecular weight excluding hydrogens is 230 g/mol. The number of amides is 1. The highest BCUT2D eigenvalue weighted by Gasteiger charge is 2.11. The van der Waals surface area contributed by atoms with Gasteiger partial charge in [-0.05, 0) is 13.0 Å². The molecule has 6 heteroatoms. The average molecular weight is 244 g/mol. The largest absolute Gasteiger partial charge is 0.383 e. The van der Waals surface area contributed by atoms with E-state index in [1.807, 2.05) is 10.8 Å². The van der Waals surface area contributed by atoms with E-state index >= 15 is 0 Å². The Balaban J connectivity index is 2.28. The van der Waals surface area contributed by atoms with Crippen molar-refractivity contribution in [1.82, 2.24) is 9.97 Å². The van der Waals surface area contributed by atoms with E-state index < -0.39 is 5.91 Å². The van der Waals surface area contributed by atoms with Crippen LogP contribution in [-0.4, -0.2) is 15.9 Å². The Morgan fingerprint density at radius 1 is 1.50 bits per heavy atom. The number of aryl methyl sites for hydroxylation is 1. The molecule has 0 aliphatic carbocycles. The summed E-state index contributed by atoms with van der Waals surface area (Å²) >= 11 is 0. The van der Waals surface area contributed by atoms with Crippen molar-refractivity contribution in [3.8, 4) is 0 Å². The van der Waals surface area contributed by atoms with Gasteiger partial charge in [0.25, 0.3) is 5.91 Å². The van der Waals surface area contributed by atoms with Crippen LogP contribution in [0.3, 0.4) is 0 Å². The maximum atomic E-state index is 11.1. The highest BCUT2D eigenvalue weighted by Crippen LogP contribution is 2.06. The minimum absolute atomic E-state index is 0.444. The lowest BCUT2D eigenvalue weighted by molar-refractivity contribution is -0.688. The summed E-state index contributed by atoms with van der Waals surface area (Å²) in [6.07, 6.45) is 5.18. The molecule has 92 valence electrons. The van der Waals surface area contributed by atoms with E-state index in [-0.39, 0.29) is 0 Å². The van der Waals surface area contributed by atoms with Crippen molar-refractivity contribution < 1.29 is 9.36 Å². The molecule has 0 fully saturated rings. The van der Waals surface area contributed by atoms with Gasteiger partial charge >= 0.3 is 0 Å². The summed E-state index contributed by atoms with van der Waals surface area (Å²) < 4.78 is 1.81. The van der Waals surface area contributed by atoms with Crippen molar-refractivity contribution >= 4 is 11.7 Å². The van der Waals surface area contributed by atoms with E-state index in [1.165, 1.54) is 0 Å². The fourth-order valence-electron chi connectivity index (χ4n) is 1.60. The first-order chi connectivity index (χ1) is 8.56. The van der Waals surface area contributed by atoms with Gasteiger partial charge in [-0.15, -0.1) is 0 Å². The predicted molar refractivity (Wildman–Crippen MR) is 65.4 cm³/mol. The maximum absolute atomic E-state index is 11.1. The summed E-state index contributed by atoms with van der Waals surface area (Å²) in [4.78, 5) is 19.3. The molecule has 0 atom stereocenters. The van der Waals surface area contributed by atoms with Gasteiger partial charge in [0.2, 0.25) is 0 Å². The van der Waals surface area contributed by atoms with Crippen LogP contribution in [0.2, 0.25) is 0 Å². The van der Waals surface area contributed by atoms with Crippen molar-refractivity contribution in [1.29, 1.82) is 0 Å². The average Bonchev–Trinajstić information content (AvgIpc) is 2.33. The number of aromatic nitrogens is 3. The Labute approximate surface area is 104 Å². The Kier molecular flexibility index (Phi) is 3.18. The molecule has 1 amide bonds. The van der Waals surface area contributed by atoms with Crippen LogP contribution in [0.15, 0.2) is 30.7 Å². The second kappa shape index (κ2) is 4.79. The second-order valence-electron chi connectivity index (χ2n) is 3.96. The first-order valence-electron chi connectivity index (χ1n) is 5.43. The molecule has 0 saturated carbocycles. The zero-order valence-electron chi connectivity index (χ0n) is 10.00. The topological polar surface area (TPSA) is 98.8 Å². The molecule has 0 bridgehead atoms. The van der Waals surface area contributed by atoms with Gasteiger partial charge in [-0.3, -0.25) is 4.79 Å². The van der Waals surface area contributed by atoms with Crippen LogP contribution in [0, 0.1) is 6.92 Å². The van der Waals surface area contributed by atoms with Crippen LogP contribution in [-0.2, 0) is 6.54 Å². The molecule has 2 rings (SSSR count). The zero-order chi connectivity index (χ0) is 13.1. The number of hydrogen-bond acceptors (Lipinski definition) is 4. The monoisotopic (exact) mass is 244 g/mol. The number of nitrogens with two attached hydrogens (primary N) is 2. The number of primary amides is 1. The lowest BCUT2D eigenvalue weighted by Crippen LogP contribution is -2.35. The number of rotatable bonds is 3. The molecule has 0 aliphatic heterocycles. The van der Waals surface area contributed by atoms with Crippen LogP contribution >= 0.6 is 0 Å². The third kappa shape index (κ3) is 2.60. The minimum Gasteiger partial charge on any atom is -0.383 e. The van der Waals surface area contributed by atoms with E-state index in [9.17, 15) is 4.79 Å². The number of nitrogens with zero attached hydrogens (tertiary/aromatic N) is 3. The Morgan fingerprint density at radius 3 is 2.94 bits per heavy atom. The zero-order valence-corrected chi connectivity index (χ0v) is 10.00. The van der Waals surface area contributed by atoms with Crippen LogP contribution in [0.25, 0.3) is 0 Å². The Morgan fingerprint density at radius 2 is 2.28 bits per heavy atom. The molecule has 4 N–H and O–H groups in total. The molecule has 6 nitrogen and oxygen atoms in total. The van der Waals surface area contributed by atoms with Crippen molar-refractivity contribution in [3.05, 3.63) is 47.7 Å². The summed E-state index contributed by atoms with van der Waals surface area (Å²) in [6.45, 7) is 2.27. The molecule has 18 heavy (non-hydrogen) atoms. The van der Waals surface area contributed by atoms with Gasteiger partial charge in [-0.25, -0.2) is 9.97 Å². The summed E-state index contributed by atoms with van der Waals surface area (Å²) in [6, 6.07) is 3.42. The van der Waals surface area contributed by atoms with Crippen molar-refractivity contribution in [2.75, 3.05) is 5.73 Å². The van der Waals surface area contributed by atoms with Gasteiger partial charge in [0, 0.05) is 12.3 Å². The van der Waals surface area contributed by atoms with Gasteiger partial charge in [0.15, 0.2) is 18.9 Å². The molecule has 0 saturated heterocycles. The van der Waals surface area contributed by atoms with Gasteiger partial charge in [-0.2, -0.15) is 4.57 Å². The van der Waals surface area contributed by atoms with Crippen LogP contribution in [0.1, 0.15) is 21.7 Å². The Bertz CT molecular complexity index is 597. The molecule has 0 aromatic carbocycles. The molecule has 2 aromatic heterocycles. The summed E-state index contributed by atoms with van der Waals surface area (Å²) in [7, 11) is 0. The third-order valence-electron chi connectivity index (χ3n) is 2.51. The van der Waals surface area contributed by atoms with Crippen molar-refractivity contribution in [3.63, 3.8) is 0 Å². The number of carbonyl (C=O) groups excluding carboxylic acids is 1. The van der Waals surface area contributed by atoms with E-state index in [2.05, 4.69) is 9.97 Å². The normalized spacial score (nSPS) is 10.3. The van der Waals surface area contributed by atoms with Crippen LogP contribution in [0.5, 0.6) is 0 Å². The fourth-order valence-corrected chi connectivity index (χ4v) is 1.60. The Hall–Kier alpha value is -2.50. The molecule has 2 aromatic rings. The van der Waals surface area contributed by atoms with E-state index in [1.54, 1.807) is 31.5 Å². The quantitative estimate of drug-likeness (QED) is 0.730.